The Bertz CT molecular complexity index is 418. The molecule has 0 aromatic carbocycles. The van der Waals surface area contributed by atoms with E-state index in [1.807, 2.05) is 0 Å². The topological polar surface area (TPSA) is 85.1 Å². The van der Waals surface area contributed by atoms with Gasteiger partial charge in [-0.2, -0.15) is 4.98 Å². The third-order valence-electron chi connectivity index (χ3n) is 1.82. The van der Waals surface area contributed by atoms with Gasteiger partial charge < -0.3 is 4.52 Å². The Labute approximate surface area is 99.4 Å². The first-order valence-corrected chi connectivity index (χ1v) is 7.04. The summed E-state index contributed by atoms with van der Waals surface area (Å²) < 4.78 is 30.0. The largest absolute Gasteiger partial charge is 0.340 e. The van der Waals surface area contributed by atoms with E-state index in [0.29, 0.717) is 30.4 Å². The molecule has 0 fully saturated rings. The van der Waals surface area contributed by atoms with Crippen molar-refractivity contribution in [1.82, 2.24) is 14.9 Å². The maximum Gasteiger partial charge on any atom is 0.223 e. The summed E-state index contributed by atoms with van der Waals surface area (Å²) >= 11 is 5.46. The van der Waals surface area contributed by atoms with Gasteiger partial charge in [0.1, 0.15) is 0 Å². The molecule has 0 radical (unpaired) electrons. The van der Waals surface area contributed by atoms with Crippen LogP contribution in [0.3, 0.4) is 0 Å². The molecular formula is C8H14ClN3O3S. The molecule has 0 atom stereocenters. The molecule has 0 saturated carbocycles. The van der Waals surface area contributed by atoms with Crippen molar-refractivity contribution in [1.29, 1.82) is 0 Å². The van der Waals surface area contributed by atoms with Crippen molar-refractivity contribution >= 4 is 21.6 Å². The second-order valence-electron chi connectivity index (χ2n) is 3.27. The van der Waals surface area contributed by atoms with Gasteiger partial charge in [0, 0.05) is 12.8 Å². The zero-order valence-corrected chi connectivity index (χ0v) is 10.5. The minimum absolute atomic E-state index is 0.0561. The van der Waals surface area contributed by atoms with Gasteiger partial charge in [0.15, 0.2) is 5.82 Å². The molecule has 0 unspecified atom stereocenters. The first-order valence-electron chi connectivity index (χ1n) is 4.86. The van der Waals surface area contributed by atoms with E-state index in [9.17, 15) is 8.42 Å². The number of alkyl halides is 1. The predicted molar refractivity (Wildman–Crippen MR) is 59.6 cm³/mol. The van der Waals surface area contributed by atoms with Crippen molar-refractivity contribution in [2.24, 2.45) is 0 Å². The Kier molecular flexibility index (Phi) is 5.17. The lowest BCUT2D eigenvalue weighted by Crippen LogP contribution is -2.26. The number of aromatic nitrogens is 2. The molecule has 8 heteroatoms. The van der Waals surface area contributed by atoms with Gasteiger partial charge in [-0.1, -0.05) is 5.16 Å². The normalized spacial score (nSPS) is 11.9. The van der Waals surface area contributed by atoms with Crippen molar-refractivity contribution in [3.05, 3.63) is 11.7 Å². The summed E-state index contributed by atoms with van der Waals surface area (Å²) in [6.07, 6.45) is 1.23. The van der Waals surface area contributed by atoms with Gasteiger partial charge in [0.05, 0.1) is 12.3 Å². The number of nitrogens with zero attached hydrogens (tertiary/aromatic N) is 2. The molecule has 0 aliphatic rings. The maximum atomic E-state index is 11.4. The second-order valence-corrected chi connectivity index (χ2v) is 5.57. The number of hydrogen-bond donors (Lipinski definition) is 1. The van der Waals surface area contributed by atoms with E-state index in [4.69, 9.17) is 16.1 Å². The van der Waals surface area contributed by atoms with Gasteiger partial charge in [-0.3, -0.25) is 0 Å². The fourth-order valence-corrected chi connectivity index (χ4v) is 2.31. The van der Waals surface area contributed by atoms with E-state index in [2.05, 4.69) is 14.9 Å². The number of nitrogens with one attached hydrogen (secondary N) is 1. The number of rotatable bonds is 7. The van der Waals surface area contributed by atoms with Gasteiger partial charge in [0.25, 0.3) is 0 Å². The molecule has 16 heavy (non-hydrogen) atoms. The lowest BCUT2D eigenvalue weighted by Gasteiger charge is -2.03. The van der Waals surface area contributed by atoms with Crippen LogP contribution in [0.5, 0.6) is 0 Å². The van der Waals surface area contributed by atoms with Gasteiger partial charge in [-0.05, 0) is 12.8 Å². The van der Waals surface area contributed by atoms with E-state index in [-0.39, 0.29) is 12.3 Å². The monoisotopic (exact) mass is 267 g/mol. The maximum absolute atomic E-state index is 11.4. The zero-order chi connectivity index (χ0) is 12.0. The highest BCUT2D eigenvalue weighted by atomic mass is 35.5. The SMILES string of the molecule is Cc1nc(CNS(=O)(=O)CCCCCl)no1. The molecule has 1 N–H and O–H groups in total. The number of unbranched alkanes of at least 4 members (excludes halogenated alkanes) is 1. The van der Waals surface area contributed by atoms with Crippen LogP contribution in [0.1, 0.15) is 24.6 Å². The van der Waals surface area contributed by atoms with Crippen LogP contribution < -0.4 is 4.72 Å². The summed E-state index contributed by atoms with van der Waals surface area (Å²) in [6.45, 7) is 1.70. The predicted octanol–water partition coefficient (Wildman–Crippen LogP) is 0.816. The number of sulfonamides is 1. The standard InChI is InChI=1S/C8H14ClN3O3S/c1-7-11-8(12-15-7)6-10-16(13,14)5-3-2-4-9/h10H,2-6H2,1H3. The number of halogens is 1. The fraction of sp³-hybridized carbons (Fsp3) is 0.750. The lowest BCUT2D eigenvalue weighted by atomic mass is 10.4. The third-order valence-corrected chi connectivity index (χ3v) is 3.49. The van der Waals surface area contributed by atoms with Crippen molar-refractivity contribution in [3.63, 3.8) is 0 Å². The first-order chi connectivity index (χ1) is 7.53. The minimum Gasteiger partial charge on any atom is -0.340 e. The molecule has 92 valence electrons. The summed E-state index contributed by atoms with van der Waals surface area (Å²) in [5, 5.41) is 3.58. The second kappa shape index (κ2) is 6.17. The average Bonchev–Trinajstić information content (AvgIpc) is 2.62. The van der Waals surface area contributed by atoms with Crippen molar-refractivity contribution in [2.45, 2.75) is 26.3 Å². The molecule has 0 saturated heterocycles. The fourth-order valence-electron chi connectivity index (χ4n) is 1.05. The van der Waals surface area contributed by atoms with Crippen molar-refractivity contribution < 1.29 is 12.9 Å². The van der Waals surface area contributed by atoms with Gasteiger partial charge >= 0.3 is 0 Å². The highest BCUT2D eigenvalue weighted by molar-refractivity contribution is 7.89. The Balaban J connectivity index is 2.36. The summed E-state index contributed by atoms with van der Waals surface area (Å²) in [4.78, 5) is 3.88. The Morgan fingerprint density at radius 2 is 2.19 bits per heavy atom. The highest BCUT2D eigenvalue weighted by Gasteiger charge is 2.11. The number of hydrogen-bond acceptors (Lipinski definition) is 5. The van der Waals surface area contributed by atoms with E-state index in [1.165, 1.54) is 0 Å². The first kappa shape index (κ1) is 13.4. The molecule has 0 bridgehead atoms. The molecule has 1 heterocycles. The quantitative estimate of drug-likeness (QED) is 0.584. The molecule has 0 spiro atoms. The van der Waals surface area contributed by atoms with Crippen LogP contribution >= 0.6 is 11.6 Å². The Hall–Kier alpha value is -0.660. The van der Waals surface area contributed by atoms with Gasteiger partial charge in [0.2, 0.25) is 15.9 Å². The van der Waals surface area contributed by atoms with Gasteiger partial charge in [-0.15, -0.1) is 11.6 Å². The molecule has 6 nitrogen and oxygen atoms in total. The zero-order valence-electron chi connectivity index (χ0n) is 8.94. The van der Waals surface area contributed by atoms with Crippen LogP contribution in [0.25, 0.3) is 0 Å². The molecule has 1 aromatic rings. The smallest absolute Gasteiger partial charge is 0.223 e. The molecule has 0 aliphatic carbocycles. The Morgan fingerprint density at radius 1 is 1.44 bits per heavy atom. The van der Waals surface area contributed by atoms with Gasteiger partial charge in [-0.25, -0.2) is 13.1 Å². The van der Waals surface area contributed by atoms with Crippen LogP contribution in [0, 0.1) is 6.92 Å². The van der Waals surface area contributed by atoms with Crippen LogP contribution in [-0.4, -0.2) is 30.2 Å². The summed E-state index contributed by atoms with van der Waals surface area (Å²) in [7, 11) is -3.27. The molecule has 1 rings (SSSR count). The average molecular weight is 268 g/mol. The summed E-state index contributed by atoms with van der Waals surface area (Å²) in [6, 6.07) is 0. The molecule has 1 aromatic heterocycles. The van der Waals surface area contributed by atoms with Crippen molar-refractivity contribution in [2.75, 3.05) is 11.6 Å². The summed E-state index contributed by atoms with van der Waals surface area (Å²) in [5.74, 6) is 1.28. The molecule has 0 aliphatic heterocycles. The lowest BCUT2D eigenvalue weighted by molar-refractivity contribution is 0.387. The van der Waals surface area contributed by atoms with E-state index >= 15 is 0 Å². The van der Waals surface area contributed by atoms with E-state index < -0.39 is 10.0 Å². The molecular weight excluding hydrogens is 254 g/mol. The van der Waals surface area contributed by atoms with Crippen LogP contribution in [0.2, 0.25) is 0 Å². The Morgan fingerprint density at radius 3 is 2.75 bits per heavy atom. The highest BCUT2D eigenvalue weighted by Crippen LogP contribution is 1.99. The van der Waals surface area contributed by atoms with Crippen molar-refractivity contribution in [3.8, 4) is 0 Å². The third kappa shape index (κ3) is 4.91. The molecule has 0 amide bonds. The van der Waals surface area contributed by atoms with Crippen LogP contribution in [0.15, 0.2) is 4.52 Å². The number of aryl methyl sites for hydroxylation is 1. The van der Waals surface area contributed by atoms with E-state index in [0.717, 1.165) is 0 Å². The van der Waals surface area contributed by atoms with Crippen LogP contribution in [-0.2, 0) is 16.6 Å². The van der Waals surface area contributed by atoms with Crippen LogP contribution in [0.4, 0.5) is 0 Å². The minimum atomic E-state index is -3.27. The summed E-state index contributed by atoms with van der Waals surface area (Å²) in [5.41, 5.74) is 0. The van der Waals surface area contributed by atoms with E-state index in [1.54, 1.807) is 6.92 Å².